The number of hydrogen-bond acceptors (Lipinski definition) is 6. The third-order valence-electron chi connectivity index (χ3n) is 2.47. The highest BCUT2D eigenvalue weighted by atomic mass is 16.6. The van der Waals surface area contributed by atoms with Crippen LogP contribution < -0.4 is 0 Å². The van der Waals surface area contributed by atoms with Crippen LogP contribution in [0.4, 0.5) is 4.79 Å². The Hall–Kier alpha value is -2.16. The summed E-state index contributed by atoms with van der Waals surface area (Å²) in [6, 6.07) is -1.31. The number of rotatable bonds is 5. The molecule has 0 bridgehead atoms. The van der Waals surface area contributed by atoms with Crippen molar-refractivity contribution in [3.63, 3.8) is 0 Å². The van der Waals surface area contributed by atoms with E-state index in [1.807, 2.05) is 0 Å². The molecule has 9 heteroatoms. The maximum absolute atomic E-state index is 12.0. The lowest BCUT2D eigenvalue weighted by molar-refractivity contribution is -0.143. The fourth-order valence-corrected chi connectivity index (χ4v) is 1.58. The number of carbonyl (C=O) groups excluding carboxylic acids is 1. The number of amides is 1. The monoisotopic (exact) mass is 300 g/mol. The van der Waals surface area contributed by atoms with Gasteiger partial charge in [-0.2, -0.15) is 0 Å². The molecule has 1 atom stereocenters. The summed E-state index contributed by atoms with van der Waals surface area (Å²) in [6.07, 6.45) is 0.599. The molecule has 0 fully saturated rings. The van der Waals surface area contributed by atoms with E-state index in [0.717, 1.165) is 4.90 Å². The number of likely N-dealkylation sites (N-methyl/N-ethyl adjacent to an activating group) is 1. The first kappa shape index (κ1) is 16.9. The molecule has 0 radical (unpaired) electrons. The molecule has 1 aromatic heterocycles. The summed E-state index contributed by atoms with van der Waals surface area (Å²) in [5, 5.41) is 25.5. The molecular weight excluding hydrogens is 280 g/mol. The molecule has 9 nitrogen and oxygen atoms in total. The summed E-state index contributed by atoms with van der Waals surface area (Å²) < 4.78 is 6.43. The van der Waals surface area contributed by atoms with E-state index in [9.17, 15) is 14.7 Å². The van der Waals surface area contributed by atoms with Crippen LogP contribution in [0.2, 0.25) is 0 Å². The van der Waals surface area contributed by atoms with Crippen LogP contribution in [0.15, 0.2) is 6.20 Å². The first-order valence-electron chi connectivity index (χ1n) is 6.35. The molecule has 1 amide bonds. The molecule has 21 heavy (non-hydrogen) atoms. The van der Waals surface area contributed by atoms with Gasteiger partial charge in [0.05, 0.1) is 19.3 Å². The Morgan fingerprint density at radius 2 is 2.10 bits per heavy atom. The molecule has 0 spiro atoms. The quantitative estimate of drug-likeness (QED) is 0.800. The average Bonchev–Trinajstić information content (AvgIpc) is 2.75. The van der Waals surface area contributed by atoms with Gasteiger partial charge in [0.25, 0.3) is 0 Å². The summed E-state index contributed by atoms with van der Waals surface area (Å²) in [7, 11) is 1.32. The van der Waals surface area contributed by atoms with E-state index in [1.54, 1.807) is 20.8 Å². The second-order valence-corrected chi connectivity index (χ2v) is 5.46. The standard InChI is InChI=1S/C12H20N4O5/c1-12(2,3)21-11(20)15(4)9(10(18)19)8-7-16(5-6-17)14-13-8/h7,9,17H,5-6H2,1-4H3,(H,18,19). The third kappa shape index (κ3) is 4.71. The smallest absolute Gasteiger partial charge is 0.411 e. The van der Waals surface area contributed by atoms with Gasteiger partial charge in [0, 0.05) is 7.05 Å². The highest BCUT2D eigenvalue weighted by molar-refractivity contribution is 5.80. The molecule has 1 heterocycles. The van der Waals surface area contributed by atoms with Crippen molar-refractivity contribution in [3.05, 3.63) is 11.9 Å². The average molecular weight is 300 g/mol. The Morgan fingerprint density at radius 3 is 2.57 bits per heavy atom. The molecule has 2 N–H and O–H groups in total. The molecule has 118 valence electrons. The van der Waals surface area contributed by atoms with E-state index >= 15 is 0 Å². The maximum Gasteiger partial charge on any atom is 0.411 e. The molecule has 1 aromatic rings. The number of aromatic nitrogens is 3. The fraction of sp³-hybridized carbons (Fsp3) is 0.667. The molecule has 0 aliphatic rings. The zero-order valence-corrected chi connectivity index (χ0v) is 12.5. The number of carboxylic acid groups (broad SMARTS) is 1. The van der Waals surface area contributed by atoms with Gasteiger partial charge in [0.1, 0.15) is 11.3 Å². The molecule has 1 rings (SSSR count). The van der Waals surface area contributed by atoms with Crippen molar-refractivity contribution in [1.82, 2.24) is 19.9 Å². The van der Waals surface area contributed by atoms with Crippen molar-refractivity contribution < 1.29 is 24.5 Å². The molecule has 1 unspecified atom stereocenters. The van der Waals surface area contributed by atoms with Gasteiger partial charge in [-0.05, 0) is 20.8 Å². The highest BCUT2D eigenvalue weighted by Gasteiger charge is 2.33. The van der Waals surface area contributed by atoms with E-state index in [-0.39, 0.29) is 18.8 Å². The Balaban J connectivity index is 2.95. The van der Waals surface area contributed by atoms with Gasteiger partial charge in [-0.15, -0.1) is 5.10 Å². The lowest BCUT2D eigenvalue weighted by Crippen LogP contribution is -2.39. The number of carbonyl (C=O) groups is 2. The number of ether oxygens (including phenoxy) is 1. The summed E-state index contributed by atoms with van der Waals surface area (Å²) in [5.74, 6) is -1.25. The van der Waals surface area contributed by atoms with Crippen molar-refractivity contribution in [2.24, 2.45) is 0 Å². The van der Waals surface area contributed by atoms with Crippen LogP contribution in [-0.2, 0) is 16.1 Å². The summed E-state index contributed by atoms with van der Waals surface area (Å²) in [4.78, 5) is 24.3. The van der Waals surface area contributed by atoms with Crippen LogP contribution in [0.25, 0.3) is 0 Å². The maximum atomic E-state index is 12.0. The summed E-state index contributed by atoms with van der Waals surface area (Å²) in [6.45, 7) is 5.10. The SMILES string of the molecule is CN(C(=O)OC(C)(C)C)C(C(=O)O)c1cn(CCO)nn1. The number of nitrogens with zero attached hydrogens (tertiary/aromatic N) is 4. The number of aliphatic hydroxyl groups excluding tert-OH is 1. The predicted molar refractivity (Wildman–Crippen MR) is 71.5 cm³/mol. The Kier molecular flexibility index (Phi) is 5.25. The van der Waals surface area contributed by atoms with Gasteiger partial charge in [-0.3, -0.25) is 4.90 Å². The van der Waals surface area contributed by atoms with Crippen LogP contribution in [0.3, 0.4) is 0 Å². The largest absolute Gasteiger partial charge is 0.479 e. The highest BCUT2D eigenvalue weighted by Crippen LogP contribution is 2.20. The summed E-state index contributed by atoms with van der Waals surface area (Å²) >= 11 is 0. The van der Waals surface area contributed by atoms with Crippen molar-refractivity contribution in [2.75, 3.05) is 13.7 Å². The number of aliphatic carboxylic acids is 1. The normalized spacial score (nSPS) is 12.8. The van der Waals surface area contributed by atoms with Crippen LogP contribution in [0, 0.1) is 0 Å². The van der Waals surface area contributed by atoms with Crippen molar-refractivity contribution >= 4 is 12.1 Å². The van der Waals surface area contributed by atoms with Crippen LogP contribution >= 0.6 is 0 Å². The van der Waals surface area contributed by atoms with Crippen molar-refractivity contribution in [1.29, 1.82) is 0 Å². The number of hydrogen-bond donors (Lipinski definition) is 2. The minimum absolute atomic E-state index is 0.0873. The topological polar surface area (TPSA) is 118 Å². The fourth-order valence-electron chi connectivity index (χ4n) is 1.58. The molecule has 0 saturated carbocycles. The lowest BCUT2D eigenvalue weighted by Gasteiger charge is -2.27. The van der Waals surface area contributed by atoms with Crippen LogP contribution in [0.5, 0.6) is 0 Å². The van der Waals surface area contributed by atoms with E-state index < -0.39 is 23.7 Å². The lowest BCUT2D eigenvalue weighted by atomic mass is 10.2. The molecule has 0 aliphatic carbocycles. The first-order valence-corrected chi connectivity index (χ1v) is 6.35. The number of carboxylic acids is 1. The van der Waals surface area contributed by atoms with Gasteiger partial charge in [-0.1, -0.05) is 5.21 Å². The zero-order valence-electron chi connectivity index (χ0n) is 12.5. The molecule has 0 aromatic carbocycles. The van der Waals surface area contributed by atoms with E-state index in [1.165, 1.54) is 17.9 Å². The summed E-state index contributed by atoms with van der Waals surface area (Å²) in [5.41, 5.74) is -0.646. The predicted octanol–water partition coefficient (Wildman–Crippen LogP) is 0.263. The van der Waals surface area contributed by atoms with E-state index in [2.05, 4.69) is 10.3 Å². The first-order chi connectivity index (χ1) is 9.65. The second-order valence-electron chi connectivity index (χ2n) is 5.46. The zero-order chi connectivity index (χ0) is 16.2. The van der Waals surface area contributed by atoms with Crippen molar-refractivity contribution in [2.45, 2.75) is 39.0 Å². The van der Waals surface area contributed by atoms with E-state index in [4.69, 9.17) is 9.84 Å². The Bertz CT molecular complexity index is 508. The minimum atomic E-state index is -1.31. The van der Waals surface area contributed by atoms with Gasteiger partial charge in [0.2, 0.25) is 0 Å². The Labute approximate surface area is 122 Å². The van der Waals surface area contributed by atoms with E-state index in [0.29, 0.717) is 0 Å². The second kappa shape index (κ2) is 6.53. The van der Waals surface area contributed by atoms with Gasteiger partial charge in [0.15, 0.2) is 6.04 Å². The van der Waals surface area contributed by atoms with Gasteiger partial charge >= 0.3 is 12.1 Å². The van der Waals surface area contributed by atoms with Crippen LogP contribution in [0.1, 0.15) is 32.5 Å². The third-order valence-corrected chi connectivity index (χ3v) is 2.47. The van der Waals surface area contributed by atoms with Crippen LogP contribution in [-0.4, -0.2) is 61.4 Å². The Morgan fingerprint density at radius 1 is 1.48 bits per heavy atom. The molecule has 0 aliphatic heterocycles. The molecule has 0 saturated heterocycles. The molecular formula is C12H20N4O5. The van der Waals surface area contributed by atoms with Gasteiger partial charge in [-0.25, -0.2) is 14.3 Å². The van der Waals surface area contributed by atoms with Crippen molar-refractivity contribution in [3.8, 4) is 0 Å². The number of aliphatic hydroxyl groups is 1. The van der Waals surface area contributed by atoms with Gasteiger partial charge < -0.3 is 14.9 Å². The minimum Gasteiger partial charge on any atom is -0.479 e.